The topological polar surface area (TPSA) is 49.5 Å². The fourth-order valence-corrected chi connectivity index (χ4v) is 3.17. The maximum atomic E-state index is 9.19. The summed E-state index contributed by atoms with van der Waals surface area (Å²) in [6, 6.07) is 6.76. The molecule has 1 saturated heterocycles. The van der Waals surface area contributed by atoms with Crippen LogP contribution in [0.3, 0.4) is 0 Å². The van der Waals surface area contributed by atoms with E-state index in [1.54, 1.807) is 0 Å². The highest BCUT2D eigenvalue weighted by Crippen LogP contribution is 2.31. The van der Waals surface area contributed by atoms with E-state index in [1.807, 2.05) is 0 Å². The van der Waals surface area contributed by atoms with Crippen LogP contribution in [0.25, 0.3) is 0 Å². The molecule has 3 N–H and O–H groups in total. The first-order valence-electron chi connectivity index (χ1n) is 6.62. The molecule has 0 bridgehead atoms. The normalized spacial score (nSPS) is 20.2. The van der Waals surface area contributed by atoms with Crippen molar-refractivity contribution in [1.29, 1.82) is 0 Å². The smallest absolute Gasteiger partial charge is 0.0450 e. The Hall–Kier alpha value is -0.580. The second kappa shape index (κ2) is 6.55. The second-order valence-corrected chi connectivity index (χ2v) is 5.75. The molecule has 18 heavy (non-hydrogen) atoms. The highest BCUT2D eigenvalue weighted by molar-refractivity contribution is 9.10. The highest BCUT2D eigenvalue weighted by atomic mass is 79.9. The van der Waals surface area contributed by atoms with E-state index in [1.165, 1.54) is 30.5 Å². The summed E-state index contributed by atoms with van der Waals surface area (Å²) in [5, 5.41) is 9.19. The Labute approximate surface area is 117 Å². The number of halogens is 1. The molecule has 1 aromatic rings. The molecule has 0 saturated carbocycles. The molecule has 0 aliphatic carbocycles. The maximum Gasteiger partial charge on any atom is 0.0450 e. The van der Waals surface area contributed by atoms with Gasteiger partial charge in [-0.3, -0.25) is 0 Å². The molecular weight excluding hydrogens is 292 g/mol. The molecule has 1 unspecified atom stereocenters. The van der Waals surface area contributed by atoms with Crippen LogP contribution in [0.5, 0.6) is 0 Å². The lowest BCUT2D eigenvalue weighted by molar-refractivity contribution is 0.262. The molecule has 2 rings (SSSR count). The SMILES string of the molecule is NCc1cc(Br)ccc1N1CCCCC1CCO. The highest BCUT2D eigenvalue weighted by Gasteiger charge is 2.23. The summed E-state index contributed by atoms with van der Waals surface area (Å²) in [5.41, 5.74) is 8.26. The first-order chi connectivity index (χ1) is 8.76. The van der Waals surface area contributed by atoms with E-state index in [9.17, 15) is 5.11 Å². The summed E-state index contributed by atoms with van der Waals surface area (Å²) in [5.74, 6) is 0. The number of anilines is 1. The third kappa shape index (κ3) is 3.05. The molecule has 0 amide bonds. The number of aliphatic hydroxyl groups is 1. The van der Waals surface area contributed by atoms with E-state index in [0.717, 1.165) is 17.4 Å². The van der Waals surface area contributed by atoms with Crippen molar-refractivity contribution in [3.8, 4) is 0 Å². The van der Waals surface area contributed by atoms with Gasteiger partial charge in [-0.05, 0) is 49.4 Å². The molecule has 1 aromatic carbocycles. The molecule has 1 aliphatic rings. The molecule has 1 fully saturated rings. The van der Waals surface area contributed by atoms with E-state index >= 15 is 0 Å². The minimum atomic E-state index is 0.260. The van der Waals surface area contributed by atoms with Gasteiger partial charge >= 0.3 is 0 Å². The first kappa shape index (κ1) is 13.8. The van der Waals surface area contributed by atoms with E-state index < -0.39 is 0 Å². The number of hydrogen-bond donors (Lipinski definition) is 2. The van der Waals surface area contributed by atoms with Crippen LogP contribution in [-0.2, 0) is 6.54 Å². The summed E-state index contributed by atoms with van der Waals surface area (Å²) in [4.78, 5) is 2.42. The van der Waals surface area contributed by atoms with Crippen molar-refractivity contribution in [2.75, 3.05) is 18.1 Å². The van der Waals surface area contributed by atoms with Crippen LogP contribution in [0, 0.1) is 0 Å². The van der Waals surface area contributed by atoms with Gasteiger partial charge in [0.05, 0.1) is 0 Å². The Bertz CT molecular complexity index is 395. The van der Waals surface area contributed by atoms with Gasteiger partial charge in [0.1, 0.15) is 0 Å². The third-order valence-corrected chi connectivity index (χ3v) is 4.15. The number of benzene rings is 1. The zero-order chi connectivity index (χ0) is 13.0. The van der Waals surface area contributed by atoms with Gasteiger partial charge in [0.25, 0.3) is 0 Å². The maximum absolute atomic E-state index is 9.19. The molecule has 0 aromatic heterocycles. The van der Waals surface area contributed by atoms with E-state index in [-0.39, 0.29) is 6.61 Å². The van der Waals surface area contributed by atoms with Crippen LogP contribution in [-0.4, -0.2) is 24.3 Å². The molecule has 3 nitrogen and oxygen atoms in total. The minimum absolute atomic E-state index is 0.260. The summed E-state index contributed by atoms with van der Waals surface area (Å²) < 4.78 is 1.07. The van der Waals surface area contributed by atoms with Crippen molar-refractivity contribution >= 4 is 21.6 Å². The van der Waals surface area contributed by atoms with Crippen LogP contribution >= 0.6 is 15.9 Å². The van der Waals surface area contributed by atoms with Crippen molar-refractivity contribution in [1.82, 2.24) is 0 Å². The zero-order valence-corrected chi connectivity index (χ0v) is 12.2. The van der Waals surface area contributed by atoms with Gasteiger partial charge in [-0.15, -0.1) is 0 Å². The van der Waals surface area contributed by atoms with Crippen LogP contribution in [0.2, 0.25) is 0 Å². The first-order valence-corrected chi connectivity index (χ1v) is 7.41. The number of rotatable bonds is 4. The molecule has 100 valence electrons. The number of aliphatic hydroxyl groups excluding tert-OH is 1. The minimum Gasteiger partial charge on any atom is -0.396 e. The van der Waals surface area contributed by atoms with E-state index in [2.05, 4.69) is 39.0 Å². The Kier molecular flexibility index (Phi) is 5.03. The fourth-order valence-electron chi connectivity index (χ4n) is 2.76. The summed E-state index contributed by atoms with van der Waals surface area (Å²) in [6.45, 7) is 1.88. The van der Waals surface area contributed by atoms with E-state index in [0.29, 0.717) is 12.6 Å². The predicted octanol–water partition coefficient (Wildman–Crippen LogP) is 2.65. The lowest BCUT2D eigenvalue weighted by atomic mass is 9.97. The van der Waals surface area contributed by atoms with Crippen LogP contribution in [0.15, 0.2) is 22.7 Å². The molecule has 4 heteroatoms. The van der Waals surface area contributed by atoms with Gasteiger partial charge in [-0.25, -0.2) is 0 Å². The summed E-state index contributed by atoms with van der Waals surface area (Å²) >= 11 is 3.49. The van der Waals surface area contributed by atoms with Crippen molar-refractivity contribution in [3.05, 3.63) is 28.2 Å². The van der Waals surface area contributed by atoms with E-state index in [4.69, 9.17) is 5.73 Å². The van der Waals surface area contributed by atoms with Gasteiger partial charge < -0.3 is 15.7 Å². The fraction of sp³-hybridized carbons (Fsp3) is 0.571. The Balaban J connectivity index is 2.27. The number of nitrogens with two attached hydrogens (primary N) is 1. The van der Waals surface area contributed by atoms with Gasteiger partial charge in [0.2, 0.25) is 0 Å². The third-order valence-electron chi connectivity index (χ3n) is 3.66. The average molecular weight is 313 g/mol. The van der Waals surface area contributed by atoms with Gasteiger partial charge in [-0.1, -0.05) is 15.9 Å². The monoisotopic (exact) mass is 312 g/mol. The number of nitrogens with zero attached hydrogens (tertiary/aromatic N) is 1. The van der Waals surface area contributed by atoms with Crippen molar-refractivity contribution in [2.24, 2.45) is 5.73 Å². The lowest BCUT2D eigenvalue weighted by Gasteiger charge is -2.38. The largest absolute Gasteiger partial charge is 0.396 e. The average Bonchev–Trinajstić information content (AvgIpc) is 2.40. The molecular formula is C14H21BrN2O. The molecule has 1 aliphatic heterocycles. The van der Waals surface area contributed by atoms with Crippen LogP contribution in [0.1, 0.15) is 31.2 Å². The molecule has 1 heterocycles. The van der Waals surface area contributed by atoms with Gasteiger partial charge in [-0.2, -0.15) is 0 Å². The van der Waals surface area contributed by atoms with Crippen LogP contribution in [0.4, 0.5) is 5.69 Å². The quantitative estimate of drug-likeness (QED) is 0.898. The number of hydrogen-bond acceptors (Lipinski definition) is 3. The Morgan fingerprint density at radius 3 is 2.94 bits per heavy atom. The Morgan fingerprint density at radius 2 is 2.22 bits per heavy atom. The van der Waals surface area contributed by atoms with Gasteiger partial charge in [0, 0.05) is 35.9 Å². The second-order valence-electron chi connectivity index (χ2n) is 4.83. The molecule has 1 atom stereocenters. The van der Waals surface area contributed by atoms with Gasteiger partial charge in [0.15, 0.2) is 0 Å². The lowest BCUT2D eigenvalue weighted by Crippen LogP contribution is -2.40. The summed E-state index contributed by atoms with van der Waals surface area (Å²) in [7, 11) is 0. The Morgan fingerprint density at radius 1 is 1.39 bits per heavy atom. The molecule has 0 radical (unpaired) electrons. The predicted molar refractivity (Wildman–Crippen MR) is 78.7 cm³/mol. The van der Waals surface area contributed by atoms with Crippen molar-refractivity contribution in [2.45, 2.75) is 38.3 Å². The summed E-state index contributed by atoms with van der Waals surface area (Å²) in [6.07, 6.45) is 4.50. The molecule has 0 spiro atoms. The zero-order valence-electron chi connectivity index (χ0n) is 10.6. The van der Waals surface area contributed by atoms with Crippen molar-refractivity contribution in [3.63, 3.8) is 0 Å². The number of piperidine rings is 1. The van der Waals surface area contributed by atoms with Crippen LogP contribution < -0.4 is 10.6 Å². The van der Waals surface area contributed by atoms with Crippen molar-refractivity contribution < 1.29 is 5.11 Å². The standard InChI is InChI=1S/C14H21BrN2O/c15-12-4-5-14(11(9-12)10-16)17-7-2-1-3-13(17)6-8-18/h4-5,9,13,18H,1-3,6-8,10,16H2.